The van der Waals surface area contributed by atoms with Crippen molar-refractivity contribution >= 4 is 21.6 Å². The van der Waals surface area contributed by atoms with Crippen molar-refractivity contribution in [2.24, 2.45) is 0 Å². The topological polar surface area (TPSA) is 87.7 Å². The molecule has 0 aromatic heterocycles. The van der Waals surface area contributed by atoms with Crippen LogP contribution in [-0.2, 0) is 25.0 Å². The van der Waals surface area contributed by atoms with Gasteiger partial charge in [-0.05, 0) is 69.0 Å². The van der Waals surface area contributed by atoms with Crippen LogP contribution in [-0.4, -0.2) is 58.6 Å². The molecule has 0 radical (unpaired) electrons. The molecule has 0 unspecified atom stereocenters. The van der Waals surface area contributed by atoms with Gasteiger partial charge in [-0.1, -0.05) is 29.8 Å². The average Bonchev–Trinajstić information content (AvgIpc) is 3.59. The number of aryl methyl sites for hydroxylation is 2. The second kappa shape index (κ2) is 9.83. The first-order valence-electron chi connectivity index (χ1n) is 11.6. The van der Waals surface area contributed by atoms with E-state index in [1.165, 1.54) is 0 Å². The van der Waals surface area contributed by atoms with Crippen LogP contribution in [0.15, 0.2) is 47.4 Å². The van der Waals surface area contributed by atoms with Crippen LogP contribution in [0.3, 0.4) is 0 Å². The third-order valence-corrected chi connectivity index (χ3v) is 8.08. The highest BCUT2D eigenvalue weighted by atomic mass is 32.2. The Balaban J connectivity index is 1.33. The molecule has 1 aliphatic carbocycles. The highest BCUT2D eigenvalue weighted by Gasteiger charge is 2.51. The van der Waals surface area contributed by atoms with Gasteiger partial charge in [0.25, 0.3) is 10.0 Å². The molecule has 178 valence electrons. The SMILES string of the molecule is Cc1ccc(S(=O)(=O)Nc2ccc(C3(C(=O)NCCCN4CCOCC4)CC3)cc2)c(C)c1. The number of rotatable bonds is 9. The van der Waals surface area contributed by atoms with E-state index in [0.717, 1.165) is 63.2 Å². The number of hydrogen-bond donors (Lipinski definition) is 2. The zero-order valence-corrected chi connectivity index (χ0v) is 20.2. The summed E-state index contributed by atoms with van der Waals surface area (Å²) in [6.07, 6.45) is 2.55. The summed E-state index contributed by atoms with van der Waals surface area (Å²) >= 11 is 0. The van der Waals surface area contributed by atoms with Gasteiger partial charge in [-0.15, -0.1) is 0 Å². The maximum absolute atomic E-state index is 12.9. The van der Waals surface area contributed by atoms with Gasteiger partial charge in [0.05, 0.1) is 23.5 Å². The molecule has 1 aliphatic heterocycles. The molecule has 0 bridgehead atoms. The molecule has 0 atom stereocenters. The molecular formula is C25H33N3O4S. The molecule has 7 nitrogen and oxygen atoms in total. The normalized spacial score (nSPS) is 18.0. The van der Waals surface area contributed by atoms with E-state index >= 15 is 0 Å². The van der Waals surface area contributed by atoms with Gasteiger partial charge in [-0.25, -0.2) is 8.42 Å². The van der Waals surface area contributed by atoms with Crippen molar-refractivity contribution in [3.8, 4) is 0 Å². The minimum Gasteiger partial charge on any atom is -0.379 e. The number of carbonyl (C=O) groups is 1. The van der Waals surface area contributed by atoms with E-state index in [0.29, 0.717) is 17.8 Å². The molecule has 33 heavy (non-hydrogen) atoms. The number of amides is 1. The number of anilines is 1. The molecule has 8 heteroatoms. The van der Waals surface area contributed by atoms with E-state index in [-0.39, 0.29) is 10.8 Å². The van der Waals surface area contributed by atoms with Crippen LogP contribution in [0.1, 0.15) is 36.0 Å². The van der Waals surface area contributed by atoms with Gasteiger partial charge in [0.15, 0.2) is 0 Å². The predicted molar refractivity (Wildman–Crippen MR) is 129 cm³/mol. The van der Waals surface area contributed by atoms with Crippen molar-refractivity contribution in [3.63, 3.8) is 0 Å². The molecule has 2 aliphatic rings. The largest absolute Gasteiger partial charge is 0.379 e. The summed E-state index contributed by atoms with van der Waals surface area (Å²) in [6.45, 7) is 8.83. The predicted octanol–water partition coefficient (Wildman–Crippen LogP) is 2.97. The van der Waals surface area contributed by atoms with Crippen molar-refractivity contribution < 1.29 is 17.9 Å². The van der Waals surface area contributed by atoms with Gasteiger partial charge in [0, 0.05) is 25.3 Å². The zero-order chi connectivity index (χ0) is 23.5. The summed E-state index contributed by atoms with van der Waals surface area (Å²) in [5, 5.41) is 3.10. The van der Waals surface area contributed by atoms with E-state index in [4.69, 9.17) is 4.74 Å². The van der Waals surface area contributed by atoms with E-state index < -0.39 is 15.4 Å². The number of morpholine rings is 1. The number of carbonyl (C=O) groups excluding carboxylic acids is 1. The molecule has 2 N–H and O–H groups in total. The number of nitrogens with one attached hydrogen (secondary N) is 2. The Morgan fingerprint density at radius 2 is 1.76 bits per heavy atom. The Bertz CT molecular complexity index is 1090. The molecule has 0 spiro atoms. The number of nitrogens with zero attached hydrogens (tertiary/aromatic N) is 1. The molecule has 1 saturated heterocycles. The Morgan fingerprint density at radius 3 is 2.39 bits per heavy atom. The van der Waals surface area contributed by atoms with Crippen LogP contribution < -0.4 is 10.0 Å². The van der Waals surface area contributed by atoms with Crippen molar-refractivity contribution in [2.75, 3.05) is 44.1 Å². The van der Waals surface area contributed by atoms with Crippen molar-refractivity contribution in [1.29, 1.82) is 0 Å². The highest BCUT2D eigenvalue weighted by molar-refractivity contribution is 7.92. The second-order valence-electron chi connectivity index (χ2n) is 9.10. The third-order valence-electron chi connectivity index (χ3n) is 6.53. The Morgan fingerprint density at radius 1 is 1.06 bits per heavy atom. The molecular weight excluding hydrogens is 438 g/mol. The lowest BCUT2D eigenvalue weighted by molar-refractivity contribution is -0.123. The minimum atomic E-state index is -3.68. The van der Waals surface area contributed by atoms with Crippen molar-refractivity contribution in [1.82, 2.24) is 10.2 Å². The molecule has 1 heterocycles. The van der Waals surface area contributed by atoms with Gasteiger partial charge in [-0.2, -0.15) is 0 Å². The summed E-state index contributed by atoms with van der Waals surface area (Å²) in [5.41, 5.74) is 2.67. The van der Waals surface area contributed by atoms with Crippen LogP contribution in [0.2, 0.25) is 0 Å². The Kier molecular flexibility index (Phi) is 7.07. The third kappa shape index (κ3) is 5.57. The molecule has 2 fully saturated rings. The molecule has 1 amide bonds. The van der Waals surface area contributed by atoms with E-state index in [2.05, 4.69) is 14.9 Å². The maximum Gasteiger partial charge on any atom is 0.262 e. The highest BCUT2D eigenvalue weighted by Crippen LogP contribution is 2.48. The van der Waals surface area contributed by atoms with Gasteiger partial charge in [0.2, 0.25) is 5.91 Å². The second-order valence-corrected chi connectivity index (χ2v) is 10.7. The fourth-order valence-electron chi connectivity index (χ4n) is 4.44. The lowest BCUT2D eigenvalue weighted by Crippen LogP contribution is -2.39. The molecule has 1 saturated carbocycles. The van der Waals surface area contributed by atoms with E-state index in [1.807, 2.05) is 25.1 Å². The monoisotopic (exact) mass is 471 g/mol. The molecule has 4 rings (SSSR count). The number of hydrogen-bond acceptors (Lipinski definition) is 5. The Hall–Kier alpha value is -2.42. The van der Waals surface area contributed by atoms with Gasteiger partial charge in [-0.3, -0.25) is 14.4 Å². The fraction of sp³-hybridized carbons (Fsp3) is 0.480. The number of benzene rings is 2. The summed E-state index contributed by atoms with van der Waals surface area (Å²) in [5.74, 6) is 0.0630. The quantitative estimate of drug-likeness (QED) is 0.549. The average molecular weight is 472 g/mol. The van der Waals surface area contributed by atoms with Crippen LogP contribution >= 0.6 is 0 Å². The standard InChI is InChI=1S/C25H33N3O4S/c1-19-4-9-23(20(2)18-19)33(30,31)27-22-7-5-21(6-8-22)25(10-11-25)24(29)26-12-3-13-28-14-16-32-17-15-28/h4-9,18,27H,3,10-17H2,1-2H3,(H,26,29). The van der Waals surface area contributed by atoms with Gasteiger partial charge >= 0.3 is 0 Å². The van der Waals surface area contributed by atoms with E-state index in [9.17, 15) is 13.2 Å². The number of ether oxygens (including phenoxy) is 1. The van der Waals surface area contributed by atoms with Gasteiger partial charge in [0.1, 0.15) is 0 Å². The summed E-state index contributed by atoms with van der Waals surface area (Å²) in [4.78, 5) is 15.5. The zero-order valence-electron chi connectivity index (χ0n) is 19.4. The van der Waals surface area contributed by atoms with Crippen LogP contribution in [0.5, 0.6) is 0 Å². The molecule has 2 aromatic carbocycles. The maximum atomic E-state index is 12.9. The minimum absolute atomic E-state index is 0.0630. The first-order valence-corrected chi connectivity index (χ1v) is 13.1. The number of sulfonamides is 1. The molecule has 2 aromatic rings. The smallest absolute Gasteiger partial charge is 0.262 e. The first-order chi connectivity index (χ1) is 15.8. The van der Waals surface area contributed by atoms with Crippen LogP contribution in [0.25, 0.3) is 0 Å². The van der Waals surface area contributed by atoms with Crippen molar-refractivity contribution in [3.05, 3.63) is 59.2 Å². The fourth-order valence-corrected chi connectivity index (χ4v) is 5.72. The lowest BCUT2D eigenvalue weighted by Gasteiger charge is -2.26. The van der Waals surface area contributed by atoms with Gasteiger partial charge < -0.3 is 10.1 Å². The summed E-state index contributed by atoms with van der Waals surface area (Å²) in [7, 11) is -3.68. The van der Waals surface area contributed by atoms with Crippen LogP contribution in [0.4, 0.5) is 5.69 Å². The van der Waals surface area contributed by atoms with Crippen molar-refractivity contribution in [2.45, 2.75) is 43.4 Å². The summed E-state index contributed by atoms with van der Waals surface area (Å²) in [6, 6.07) is 12.5. The van der Waals surface area contributed by atoms with E-state index in [1.54, 1.807) is 31.2 Å². The summed E-state index contributed by atoms with van der Waals surface area (Å²) < 4.78 is 33.6. The van der Waals surface area contributed by atoms with Crippen LogP contribution in [0, 0.1) is 13.8 Å². The lowest BCUT2D eigenvalue weighted by atomic mass is 9.95. The Labute approximate surface area is 196 Å². The first kappa shape index (κ1) is 23.7.